The monoisotopic (exact) mass is 278 g/mol. The van der Waals surface area contributed by atoms with E-state index in [0.717, 1.165) is 12.8 Å². The van der Waals surface area contributed by atoms with Gasteiger partial charge in [0.15, 0.2) is 0 Å². The largest absolute Gasteiger partial charge is 0.481 e. The standard InChI is InChI=1S/C15H18O5/c16-13(8-14(17)18)12-7-6-11(12)9-20-15(19)10-4-2-1-3-5-10/h1-5,11-13,16H,6-9H2,(H,17,18)/t11-,12+,13?/m0/s1. The van der Waals surface area contributed by atoms with E-state index in [1.54, 1.807) is 24.3 Å². The molecule has 0 aromatic heterocycles. The number of aliphatic hydroxyl groups excluding tert-OH is 1. The average molecular weight is 278 g/mol. The summed E-state index contributed by atoms with van der Waals surface area (Å²) in [6.07, 6.45) is 0.515. The van der Waals surface area contributed by atoms with Crippen molar-refractivity contribution >= 4 is 11.9 Å². The van der Waals surface area contributed by atoms with Crippen molar-refractivity contribution in [1.29, 1.82) is 0 Å². The van der Waals surface area contributed by atoms with Crippen molar-refractivity contribution in [3.05, 3.63) is 35.9 Å². The fourth-order valence-electron chi connectivity index (χ4n) is 2.48. The number of carbonyl (C=O) groups is 2. The highest BCUT2D eigenvalue weighted by atomic mass is 16.5. The SMILES string of the molecule is O=C(O)CC(O)[C@@H]1CC[C@H]1COC(=O)c1ccccc1. The summed E-state index contributed by atoms with van der Waals surface area (Å²) in [5.41, 5.74) is 0.495. The van der Waals surface area contributed by atoms with Crippen molar-refractivity contribution in [2.75, 3.05) is 6.61 Å². The van der Waals surface area contributed by atoms with Crippen molar-refractivity contribution < 1.29 is 24.5 Å². The lowest BCUT2D eigenvalue weighted by molar-refractivity contribution is -0.141. The zero-order chi connectivity index (χ0) is 14.5. The Kier molecular flexibility index (Phi) is 4.74. The van der Waals surface area contributed by atoms with E-state index in [1.807, 2.05) is 6.07 Å². The number of hydrogen-bond donors (Lipinski definition) is 2. The van der Waals surface area contributed by atoms with E-state index in [4.69, 9.17) is 9.84 Å². The van der Waals surface area contributed by atoms with Crippen molar-refractivity contribution in [2.45, 2.75) is 25.4 Å². The minimum Gasteiger partial charge on any atom is -0.481 e. The molecule has 108 valence electrons. The number of hydrogen-bond acceptors (Lipinski definition) is 4. The molecule has 2 rings (SSSR count). The number of carboxylic acids is 1. The van der Waals surface area contributed by atoms with Crippen LogP contribution in [-0.4, -0.2) is 34.9 Å². The number of aliphatic hydroxyl groups is 1. The lowest BCUT2D eigenvalue weighted by atomic mass is 9.70. The first kappa shape index (κ1) is 14.5. The van der Waals surface area contributed by atoms with E-state index in [1.165, 1.54) is 0 Å². The van der Waals surface area contributed by atoms with Crippen molar-refractivity contribution in [2.24, 2.45) is 11.8 Å². The van der Waals surface area contributed by atoms with Gasteiger partial charge in [0.1, 0.15) is 0 Å². The van der Waals surface area contributed by atoms with Gasteiger partial charge < -0.3 is 14.9 Å². The molecule has 1 fully saturated rings. The highest BCUT2D eigenvalue weighted by Gasteiger charge is 2.37. The van der Waals surface area contributed by atoms with Gasteiger partial charge >= 0.3 is 11.9 Å². The minimum absolute atomic E-state index is 0.0528. The van der Waals surface area contributed by atoms with Crippen molar-refractivity contribution in [1.82, 2.24) is 0 Å². The highest BCUT2D eigenvalue weighted by Crippen LogP contribution is 2.38. The Morgan fingerprint density at radius 3 is 2.50 bits per heavy atom. The maximum atomic E-state index is 11.8. The van der Waals surface area contributed by atoms with Crippen LogP contribution in [0.25, 0.3) is 0 Å². The van der Waals surface area contributed by atoms with E-state index in [0.29, 0.717) is 5.56 Å². The van der Waals surface area contributed by atoms with Crippen molar-refractivity contribution in [3.8, 4) is 0 Å². The van der Waals surface area contributed by atoms with E-state index >= 15 is 0 Å². The molecule has 20 heavy (non-hydrogen) atoms. The molecule has 0 amide bonds. The topological polar surface area (TPSA) is 83.8 Å². The van der Waals surface area contributed by atoms with Gasteiger partial charge in [-0.25, -0.2) is 4.79 Å². The molecule has 5 nitrogen and oxygen atoms in total. The van der Waals surface area contributed by atoms with Gasteiger partial charge in [-0.2, -0.15) is 0 Å². The van der Waals surface area contributed by atoms with Crippen LogP contribution in [0, 0.1) is 11.8 Å². The molecule has 0 spiro atoms. The zero-order valence-corrected chi connectivity index (χ0v) is 11.1. The summed E-state index contributed by atoms with van der Waals surface area (Å²) in [6.45, 7) is 0.231. The molecule has 0 bridgehead atoms. The zero-order valence-electron chi connectivity index (χ0n) is 11.1. The third-order valence-electron chi connectivity index (χ3n) is 3.79. The normalized spacial score (nSPS) is 22.6. The first-order valence-electron chi connectivity index (χ1n) is 6.70. The molecule has 1 unspecified atom stereocenters. The van der Waals surface area contributed by atoms with Crippen LogP contribution in [0.3, 0.4) is 0 Å². The summed E-state index contributed by atoms with van der Waals surface area (Å²) >= 11 is 0. The summed E-state index contributed by atoms with van der Waals surface area (Å²) in [5, 5.41) is 18.4. The Morgan fingerprint density at radius 1 is 1.25 bits per heavy atom. The molecule has 1 saturated carbocycles. The molecular formula is C15H18O5. The molecule has 3 atom stereocenters. The second-order valence-corrected chi connectivity index (χ2v) is 5.13. The van der Waals surface area contributed by atoms with Crippen LogP contribution >= 0.6 is 0 Å². The molecule has 0 saturated heterocycles. The number of aliphatic carboxylic acids is 1. The second-order valence-electron chi connectivity index (χ2n) is 5.13. The number of ether oxygens (including phenoxy) is 1. The highest BCUT2D eigenvalue weighted by molar-refractivity contribution is 5.89. The summed E-state index contributed by atoms with van der Waals surface area (Å²) in [6, 6.07) is 8.71. The van der Waals surface area contributed by atoms with Gasteiger partial charge in [-0.15, -0.1) is 0 Å². The van der Waals surface area contributed by atoms with Crippen LogP contribution in [0.4, 0.5) is 0 Å². The van der Waals surface area contributed by atoms with Crippen LogP contribution in [0.5, 0.6) is 0 Å². The van der Waals surface area contributed by atoms with Gasteiger partial charge in [0.05, 0.1) is 24.7 Å². The molecule has 5 heteroatoms. The predicted molar refractivity (Wildman–Crippen MR) is 71.2 cm³/mol. The van der Waals surface area contributed by atoms with E-state index in [-0.39, 0.29) is 30.8 Å². The number of carbonyl (C=O) groups excluding carboxylic acids is 1. The van der Waals surface area contributed by atoms with E-state index in [9.17, 15) is 14.7 Å². The smallest absolute Gasteiger partial charge is 0.338 e. The number of carboxylic acid groups (broad SMARTS) is 1. The van der Waals surface area contributed by atoms with Crippen LogP contribution in [0.2, 0.25) is 0 Å². The van der Waals surface area contributed by atoms with Gasteiger partial charge in [-0.3, -0.25) is 4.79 Å². The van der Waals surface area contributed by atoms with Gasteiger partial charge in [-0.05, 0) is 36.8 Å². The lowest BCUT2D eigenvalue weighted by Gasteiger charge is -2.38. The molecule has 1 aromatic carbocycles. The Balaban J connectivity index is 1.80. The molecule has 0 aliphatic heterocycles. The fraction of sp³-hybridized carbons (Fsp3) is 0.467. The Hall–Kier alpha value is -1.88. The molecule has 0 radical (unpaired) electrons. The van der Waals surface area contributed by atoms with Crippen LogP contribution < -0.4 is 0 Å². The van der Waals surface area contributed by atoms with E-state index in [2.05, 4.69) is 0 Å². The summed E-state index contributed by atoms with van der Waals surface area (Å²) in [5.74, 6) is -1.43. The average Bonchev–Trinajstić information content (AvgIpc) is 2.37. The number of esters is 1. The molecule has 1 aliphatic rings. The molecule has 2 N–H and O–H groups in total. The first-order valence-corrected chi connectivity index (χ1v) is 6.70. The Labute approximate surface area is 117 Å². The quantitative estimate of drug-likeness (QED) is 0.774. The number of benzene rings is 1. The maximum absolute atomic E-state index is 11.8. The number of rotatable bonds is 6. The summed E-state index contributed by atoms with van der Waals surface area (Å²) < 4.78 is 5.22. The fourth-order valence-corrected chi connectivity index (χ4v) is 2.48. The van der Waals surface area contributed by atoms with Gasteiger partial charge in [0.2, 0.25) is 0 Å². The molecule has 1 aromatic rings. The third-order valence-corrected chi connectivity index (χ3v) is 3.79. The van der Waals surface area contributed by atoms with Gasteiger partial charge in [0, 0.05) is 0 Å². The third kappa shape index (κ3) is 3.57. The van der Waals surface area contributed by atoms with Gasteiger partial charge in [-0.1, -0.05) is 18.2 Å². The predicted octanol–water partition coefficient (Wildman–Crippen LogP) is 1.71. The first-order chi connectivity index (χ1) is 9.58. The van der Waals surface area contributed by atoms with Crippen LogP contribution in [0.1, 0.15) is 29.6 Å². The maximum Gasteiger partial charge on any atom is 0.338 e. The van der Waals surface area contributed by atoms with Crippen LogP contribution in [0.15, 0.2) is 30.3 Å². The minimum atomic E-state index is -1.01. The molecular weight excluding hydrogens is 260 g/mol. The van der Waals surface area contributed by atoms with E-state index < -0.39 is 12.1 Å². The Bertz CT molecular complexity index is 470. The second kappa shape index (κ2) is 6.52. The Morgan fingerprint density at radius 2 is 1.95 bits per heavy atom. The summed E-state index contributed by atoms with van der Waals surface area (Å²) in [7, 11) is 0. The van der Waals surface area contributed by atoms with Crippen molar-refractivity contribution in [3.63, 3.8) is 0 Å². The summed E-state index contributed by atoms with van der Waals surface area (Å²) in [4.78, 5) is 22.3. The lowest BCUT2D eigenvalue weighted by Crippen LogP contribution is -2.40. The molecule has 1 aliphatic carbocycles. The van der Waals surface area contributed by atoms with Gasteiger partial charge in [0.25, 0.3) is 0 Å². The molecule has 0 heterocycles. The van der Waals surface area contributed by atoms with Crippen LogP contribution in [-0.2, 0) is 9.53 Å².